The Hall–Kier alpha value is -4.09. The van der Waals surface area contributed by atoms with Crippen molar-refractivity contribution in [3.8, 4) is 11.5 Å². The molecule has 1 aliphatic rings. The van der Waals surface area contributed by atoms with Gasteiger partial charge in [-0.15, -0.1) is 0 Å². The summed E-state index contributed by atoms with van der Waals surface area (Å²) in [5.41, 5.74) is 2.62. The summed E-state index contributed by atoms with van der Waals surface area (Å²) < 4.78 is 11.9. The number of aryl methyl sites for hydroxylation is 1. The highest BCUT2D eigenvalue weighted by molar-refractivity contribution is 9.10. The quantitative estimate of drug-likeness (QED) is 0.123. The number of nitrogens with zero attached hydrogens (tertiary/aromatic N) is 2. The Bertz CT molecular complexity index is 1470. The van der Waals surface area contributed by atoms with Crippen molar-refractivity contribution in [3.63, 3.8) is 0 Å². The lowest BCUT2D eigenvalue weighted by molar-refractivity contribution is -0.384. The van der Waals surface area contributed by atoms with Crippen molar-refractivity contribution in [2.75, 3.05) is 12.0 Å². The van der Waals surface area contributed by atoms with Crippen molar-refractivity contribution in [1.82, 2.24) is 5.32 Å². The van der Waals surface area contributed by atoms with Crippen molar-refractivity contribution in [2.24, 2.45) is 0 Å². The first-order valence-electron chi connectivity index (χ1n) is 11.5. The first kappa shape index (κ1) is 27.0. The summed E-state index contributed by atoms with van der Waals surface area (Å²) in [4.78, 5) is 37.9. The van der Waals surface area contributed by atoms with Crippen LogP contribution in [0.4, 0.5) is 11.4 Å². The zero-order valence-electron chi connectivity index (χ0n) is 20.4. The zero-order valence-corrected chi connectivity index (χ0v) is 22.8. The third kappa shape index (κ3) is 5.74. The van der Waals surface area contributed by atoms with Crippen LogP contribution in [0.1, 0.15) is 23.6 Å². The molecule has 0 aromatic heterocycles. The highest BCUT2D eigenvalue weighted by Gasteiger charge is 2.34. The number of halogens is 1. The number of hydrogen-bond acceptors (Lipinski definition) is 7. The summed E-state index contributed by atoms with van der Waals surface area (Å²) in [7, 11) is 1.46. The van der Waals surface area contributed by atoms with Crippen LogP contribution in [-0.4, -0.2) is 29.0 Å². The summed E-state index contributed by atoms with van der Waals surface area (Å²) in [6, 6.07) is 16.8. The molecule has 9 nitrogen and oxygen atoms in total. The Morgan fingerprint density at radius 2 is 1.84 bits per heavy atom. The Balaban J connectivity index is 1.61. The summed E-state index contributed by atoms with van der Waals surface area (Å²) in [6.07, 6.45) is 2.30. The maximum absolute atomic E-state index is 13.3. The number of carbonyl (C=O) groups excluding carboxylic acids is 2. The van der Waals surface area contributed by atoms with Crippen LogP contribution in [0, 0.1) is 10.1 Å². The molecule has 1 heterocycles. The normalized spacial score (nSPS) is 14.4. The predicted octanol–water partition coefficient (Wildman–Crippen LogP) is 5.34. The van der Waals surface area contributed by atoms with E-state index in [1.165, 1.54) is 30.2 Å². The van der Waals surface area contributed by atoms with Gasteiger partial charge in [-0.25, -0.2) is 0 Å². The van der Waals surface area contributed by atoms with Crippen LogP contribution in [-0.2, 0) is 22.6 Å². The molecular formula is C27H22BrN3O6S. The van der Waals surface area contributed by atoms with Gasteiger partial charge in [0.25, 0.3) is 17.5 Å². The second kappa shape index (κ2) is 11.5. The molecule has 3 aromatic carbocycles. The summed E-state index contributed by atoms with van der Waals surface area (Å²) in [6.45, 7) is 2.09. The maximum Gasteiger partial charge on any atom is 0.270 e. The molecule has 194 valence electrons. The maximum atomic E-state index is 13.3. The van der Waals surface area contributed by atoms with Crippen molar-refractivity contribution in [1.29, 1.82) is 0 Å². The van der Waals surface area contributed by atoms with Crippen LogP contribution in [0.3, 0.4) is 0 Å². The summed E-state index contributed by atoms with van der Waals surface area (Å²) >= 11 is 8.73. The SMILES string of the molecule is CCc1ccc(N2C(=O)/C(=C/c3cc(Br)c(OCc4cccc([N+](=O)[O-])c4)c(OC)c3)C(=O)NC2=S)cc1. The van der Waals surface area contributed by atoms with E-state index in [-0.39, 0.29) is 23.0 Å². The highest BCUT2D eigenvalue weighted by atomic mass is 79.9. The zero-order chi connectivity index (χ0) is 27.4. The molecule has 38 heavy (non-hydrogen) atoms. The lowest BCUT2D eigenvalue weighted by Crippen LogP contribution is -2.54. The van der Waals surface area contributed by atoms with Gasteiger partial charge in [0, 0.05) is 12.1 Å². The van der Waals surface area contributed by atoms with Crippen LogP contribution in [0.2, 0.25) is 0 Å². The van der Waals surface area contributed by atoms with Gasteiger partial charge in [-0.1, -0.05) is 31.2 Å². The standard InChI is InChI=1S/C27H22BrN3O6S/c1-3-16-7-9-19(10-8-16)30-26(33)21(25(32)29-27(30)38)12-18-13-22(28)24(23(14-18)36-2)37-15-17-5-4-6-20(11-17)31(34)35/h4-14H,3,15H2,1-2H3,(H,29,32,38)/b21-12+. The molecule has 1 fully saturated rings. The van der Waals surface area contributed by atoms with E-state index in [4.69, 9.17) is 21.7 Å². The molecule has 0 bridgehead atoms. The van der Waals surface area contributed by atoms with Gasteiger partial charge < -0.3 is 9.47 Å². The molecule has 1 N–H and O–H groups in total. The Morgan fingerprint density at radius 1 is 1.11 bits per heavy atom. The molecule has 0 spiro atoms. The summed E-state index contributed by atoms with van der Waals surface area (Å²) in [5.74, 6) is -0.464. The minimum Gasteiger partial charge on any atom is -0.493 e. The van der Waals surface area contributed by atoms with E-state index in [0.717, 1.165) is 12.0 Å². The lowest BCUT2D eigenvalue weighted by atomic mass is 10.1. The predicted molar refractivity (Wildman–Crippen MR) is 150 cm³/mol. The van der Waals surface area contributed by atoms with Crippen LogP contribution in [0.5, 0.6) is 11.5 Å². The van der Waals surface area contributed by atoms with Gasteiger partial charge in [0.1, 0.15) is 12.2 Å². The van der Waals surface area contributed by atoms with Crippen LogP contribution < -0.4 is 19.7 Å². The molecule has 0 aliphatic carbocycles. The monoisotopic (exact) mass is 595 g/mol. The molecule has 1 saturated heterocycles. The molecular weight excluding hydrogens is 574 g/mol. The van der Waals surface area contributed by atoms with Gasteiger partial charge in [0.2, 0.25) is 0 Å². The number of nitro benzene ring substituents is 1. The lowest BCUT2D eigenvalue weighted by Gasteiger charge is -2.29. The van der Waals surface area contributed by atoms with Crippen molar-refractivity contribution >= 4 is 62.5 Å². The first-order valence-corrected chi connectivity index (χ1v) is 12.7. The molecule has 4 rings (SSSR count). The number of nitro groups is 1. The number of ether oxygens (including phenoxy) is 2. The molecule has 0 saturated carbocycles. The minimum atomic E-state index is -0.609. The third-order valence-corrected chi connectivity index (χ3v) is 6.65. The van der Waals surface area contributed by atoms with Gasteiger partial charge in [-0.05, 0) is 81.6 Å². The van der Waals surface area contributed by atoms with E-state index in [9.17, 15) is 19.7 Å². The van der Waals surface area contributed by atoms with Crippen LogP contribution in [0.15, 0.2) is 70.7 Å². The average Bonchev–Trinajstić information content (AvgIpc) is 2.90. The number of non-ortho nitro benzene ring substituents is 1. The smallest absolute Gasteiger partial charge is 0.270 e. The fraction of sp³-hybridized carbons (Fsp3) is 0.148. The van der Waals surface area contributed by atoms with Gasteiger partial charge in [0.15, 0.2) is 16.6 Å². The number of benzene rings is 3. The van der Waals surface area contributed by atoms with Crippen LogP contribution >= 0.6 is 28.1 Å². The number of methoxy groups -OCH3 is 1. The minimum absolute atomic E-state index is 0.00468. The second-order valence-corrected chi connectivity index (χ2v) is 9.47. The largest absolute Gasteiger partial charge is 0.493 e. The average molecular weight is 596 g/mol. The van der Waals surface area contributed by atoms with Crippen LogP contribution in [0.25, 0.3) is 6.08 Å². The number of carbonyl (C=O) groups is 2. The number of hydrogen-bond donors (Lipinski definition) is 1. The van der Waals surface area contributed by atoms with Crippen molar-refractivity contribution < 1.29 is 24.0 Å². The highest BCUT2D eigenvalue weighted by Crippen LogP contribution is 2.38. The fourth-order valence-corrected chi connectivity index (χ4v) is 4.67. The third-order valence-electron chi connectivity index (χ3n) is 5.77. The van der Waals surface area contributed by atoms with Gasteiger partial charge >= 0.3 is 0 Å². The van der Waals surface area contributed by atoms with E-state index in [0.29, 0.717) is 32.8 Å². The molecule has 1 aliphatic heterocycles. The second-order valence-electron chi connectivity index (χ2n) is 8.23. The topological polar surface area (TPSA) is 111 Å². The molecule has 0 unspecified atom stereocenters. The Morgan fingerprint density at radius 3 is 2.50 bits per heavy atom. The Labute approximate surface area is 232 Å². The fourth-order valence-electron chi connectivity index (χ4n) is 3.82. The molecule has 2 amide bonds. The number of thiocarbonyl (C=S) groups is 1. The molecule has 11 heteroatoms. The molecule has 0 atom stereocenters. The van der Waals surface area contributed by atoms with Crippen molar-refractivity contribution in [3.05, 3.63) is 97.5 Å². The molecule has 3 aromatic rings. The number of anilines is 1. The number of rotatable bonds is 8. The van der Waals surface area contributed by atoms with Gasteiger partial charge in [-0.3, -0.25) is 29.9 Å². The van der Waals surface area contributed by atoms with Gasteiger partial charge in [-0.2, -0.15) is 0 Å². The number of amides is 2. The van der Waals surface area contributed by atoms with E-state index < -0.39 is 16.7 Å². The van der Waals surface area contributed by atoms with E-state index in [1.807, 2.05) is 19.1 Å². The summed E-state index contributed by atoms with van der Waals surface area (Å²) in [5, 5.41) is 13.6. The van der Waals surface area contributed by atoms with E-state index in [1.54, 1.807) is 36.4 Å². The number of nitrogens with one attached hydrogen (secondary N) is 1. The van der Waals surface area contributed by atoms with E-state index in [2.05, 4.69) is 21.2 Å². The molecule has 0 radical (unpaired) electrons. The first-order chi connectivity index (χ1) is 18.2. The van der Waals surface area contributed by atoms with Gasteiger partial charge in [0.05, 0.1) is 22.2 Å². The Kier molecular flexibility index (Phi) is 8.18. The van der Waals surface area contributed by atoms with E-state index >= 15 is 0 Å². The van der Waals surface area contributed by atoms with Crippen molar-refractivity contribution in [2.45, 2.75) is 20.0 Å².